The van der Waals surface area contributed by atoms with Crippen molar-refractivity contribution in [1.82, 2.24) is 5.32 Å². The topological polar surface area (TPSA) is 58.6 Å². The van der Waals surface area contributed by atoms with E-state index in [1.165, 1.54) is 0 Å². The van der Waals surface area contributed by atoms with Crippen LogP contribution in [0, 0.1) is 5.41 Å². The van der Waals surface area contributed by atoms with Gasteiger partial charge in [-0.15, -0.1) is 0 Å². The number of benzene rings is 1. The predicted molar refractivity (Wildman–Crippen MR) is 81.0 cm³/mol. The van der Waals surface area contributed by atoms with Gasteiger partial charge in [-0.3, -0.25) is 0 Å². The molecule has 4 nitrogen and oxygen atoms in total. The minimum absolute atomic E-state index is 0.297. The fourth-order valence-corrected chi connectivity index (χ4v) is 2.88. The average Bonchev–Trinajstić information content (AvgIpc) is 2.41. The summed E-state index contributed by atoms with van der Waals surface area (Å²) < 4.78 is 6.23. The molecule has 20 heavy (non-hydrogen) atoms. The van der Waals surface area contributed by atoms with Gasteiger partial charge in [-0.05, 0) is 36.0 Å². The third kappa shape index (κ3) is 4.04. The first-order valence-electron chi connectivity index (χ1n) is 6.80. The molecule has 0 aliphatic carbocycles. The second kappa shape index (κ2) is 6.70. The van der Waals surface area contributed by atoms with Crippen molar-refractivity contribution in [1.29, 1.82) is 0 Å². The van der Waals surface area contributed by atoms with Gasteiger partial charge in [0, 0.05) is 30.8 Å². The second-order valence-corrected chi connectivity index (χ2v) is 6.49. The molecule has 0 atom stereocenters. The number of carbonyl (C=O) groups is 1. The van der Waals surface area contributed by atoms with Crippen LogP contribution in [0.5, 0.6) is 0 Å². The fourth-order valence-electron chi connectivity index (χ4n) is 2.36. The Morgan fingerprint density at radius 1 is 1.45 bits per heavy atom. The van der Waals surface area contributed by atoms with Gasteiger partial charge >= 0.3 is 5.97 Å². The largest absolute Gasteiger partial charge is 0.478 e. The Kier molecular flexibility index (Phi) is 5.18. The summed E-state index contributed by atoms with van der Waals surface area (Å²) in [6, 6.07) is 5.14. The van der Waals surface area contributed by atoms with Crippen molar-refractivity contribution < 1.29 is 14.6 Å². The molecular formula is C15H20BrNO3. The third-order valence-electron chi connectivity index (χ3n) is 3.87. The Hall–Kier alpha value is -0.910. The second-order valence-electron chi connectivity index (χ2n) is 5.64. The Labute approximate surface area is 127 Å². The summed E-state index contributed by atoms with van der Waals surface area (Å²) in [4.78, 5) is 10.9. The minimum Gasteiger partial charge on any atom is -0.478 e. The lowest BCUT2D eigenvalue weighted by molar-refractivity contribution is 0.0240. The number of carboxylic acids is 1. The van der Waals surface area contributed by atoms with Crippen LogP contribution in [0.4, 0.5) is 0 Å². The molecule has 2 N–H and O–H groups in total. The molecule has 1 saturated heterocycles. The summed E-state index contributed by atoms with van der Waals surface area (Å²) in [6.07, 6.45) is 2.16. The van der Waals surface area contributed by atoms with E-state index in [0.29, 0.717) is 11.0 Å². The molecule has 0 saturated carbocycles. The van der Waals surface area contributed by atoms with Crippen LogP contribution in [0.15, 0.2) is 22.7 Å². The summed E-state index contributed by atoms with van der Waals surface area (Å²) in [5, 5.41) is 12.4. The first kappa shape index (κ1) is 15.5. The molecule has 5 heteroatoms. The number of hydrogen-bond donors (Lipinski definition) is 2. The van der Waals surface area contributed by atoms with Gasteiger partial charge in [0.1, 0.15) is 0 Å². The monoisotopic (exact) mass is 341 g/mol. The van der Waals surface area contributed by atoms with Crippen molar-refractivity contribution in [2.24, 2.45) is 5.41 Å². The molecule has 1 aromatic carbocycles. The first-order valence-corrected chi connectivity index (χ1v) is 7.60. The van der Waals surface area contributed by atoms with E-state index < -0.39 is 5.97 Å². The van der Waals surface area contributed by atoms with Crippen molar-refractivity contribution in [2.75, 3.05) is 19.8 Å². The maximum atomic E-state index is 10.9. The lowest BCUT2D eigenvalue weighted by Gasteiger charge is -2.33. The van der Waals surface area contributed by atoms with Crippen molar-refractivity contribution in [3.05, 3.63) is 33.8 Å². The van der Waals surface area contributed by atoms with Gasteiger partial charge in [-0.2, -0.15) is 0 Å². The lowest BCUT2D eigenvalue weighted by Crippen LogP contribution is -2.36. The molecule has 0 amide bonds. The normalized spacial score (nSPS) is 17.9. The number of rotatable bonds is 5. The molecule has 1 aromatic rings. The van der Waals surface area contributed by atoms with Gasteiger partial charge in [-0.1, -0.05) is 28.9 Å². The van der Waals surface area contributed by atoms with Gasteiger partial charge in [-0.25, -0.2) is 4.79 Å². The molecule has 1 heterocycles. The number of carboxylic acid groups (broad SMARTS) is 1. The number of nitrogens with one attached hydrogen (secondary N) is 1. The van der Waals surface area contributed by atoms with Gasteiger partial charge in [0.15, 0.2) is 0 Å². The Morgan fingerprint density at radius 3 is 2.75 bits per heavy atom. The van der Waals surface area contributed by atoms with Crippen LogP contribution in [0.3, 0.4) is 0 Å². The zero-order valence-corrected chi connectivity index (χ0v) is 13.2. The van der Waals surface area contributed by atoms with Crippen LogP contribution in [0.1, 0.15) is 35.7 Å². The van der Waals surface area contributed by atoms with E-state index in [1.54, 1.807) is 12.1 Å². The highest BCUT2D eigenvalue weighted by Crippen LogP contribution is 2.29. The van der Waals surface area contributed by atoms with Crippen molar-refractivity contribution in [2.45, 2.75) is 26.3 Å². The van der Waals surface area contributed by atoms with E-state index in [1.807, 2.05) is 6.07 Å². The van der Waals surface area contributed by atoms with Crippen molar-refractivity contribution in [3.8, 4) is 0 Å². The quantitative estimate of drug-likeness (QED) is 0.864. The highest BCUT2D eigenvalue weighted by molar-refractivity contribution is 9.10. The molecule has 1 aliphatic heterocycles. The first-order chi connectivity index (χ1) is 9.50. The standard InChI is InChI=1S/C15H20BrNO3/c1-15(4-6-20-7-5-15)10-17-9-12-3-2-11(14(18)19)8-13(12)16/h2-3,8,17H,4-7,9-10H2,1H3,(H,18,19). The van der Waals surface area contributed by atoms with Crippen LogP contribution < -0.4 is 5.32 Å². The Bertz CT molecular complexity index is 484. The molecular weight excluding hydrogens is 322 g/mol. The number of aromatic carboxylic acids is 1. The SMILES string of the molecule is CC1(CNCc2ccc(C(=O)O)cc2Br)CCOCC1. The molecule has 0 spiro atoms. The van der Waals surface area contributed by atoms with Gasteiger partial charge in [0.05, 0.1) is 5.56 Å². The summed E-state index contributed by atoms with van der Waals surface area (Å²) in [6.45, 7) is 5.65. The summed E-state index contributed by atoms with van der Waals surface area (Å²) in [5.74, 6) is -0.903. The summed E-state index contributed by atoms with van der Waals surface area (Å²) >= 11 is 3.43. The van der Waals surface area contributed by atoms with E-state index in [-0.39, 0.29) is 0 Å². The Morgan fingerprint density at radius 2 is 2.15 bits per heavy atom. The van der Waals surface area contributed by atoms with Crippen molar-refractivity contribution >= 4 is 21.9 Å². The highest BCUT2D eigenvalue weighted by Gasteiger charge is 2.26. The maximum Gasteiger partial charge on any atom is 0.335 e. The third-order valence-corrected chi connectivity index (χ3v) is 4.61. The molecule has 1 aliphatic rings. The zero-order chi connectivity index (χ0) is 14.6. The fraction of sp³-hybridized carbons (Fsp3) is 0.533. The predicted octanol–water partition coefficient (Wildman–Crippen LogP) is 3.05. The number of hydrogen-bond acceptors (Lipinski definition) is 3. The zero-order valence-electron chi connectivity index (χ0n) is 11.6. The van der Waals surface area contributed by atoms with E-state index in [2.05, 4.69) is 28.2 Å². The lowest BCUT2D eigenvalue weighted by atomic mass is 9.82. The maximum absolute atomic E-state index is 10.9. The average molecular weight is 342 g/mol. The summed E-state index contributed by atoms with van der Waals surface area (Å²) in [7, 11) is 0. The van der Waals surface area contributed by atoms with Crippen LogP contribution in [-0.2, 0) is 11.3 Å². The number of halogens is 1. The van der Waals surface area contributed by atoms with Gasteiger partial charge in [0.25, 0.3) is 0 Å². The molecule has 2 rings (SSSR count). The van der Waals surface area contributed by atoms with Crippen LogP contribution in [0.25, 0.3) is 0 Å². The molecule has 0 radical (unpaired) electrons. The van der Waals surface area contributed by atoms with E-state index in [4.69, 9.17) is 9.84 Å². The molecule has 0 aromatic heterocycles. The smallest absolute Gasteiger partial charge is 0.335 e. The highest BCUT2D eigenvalue weighted by atomic mass is 79.9. The summed E-state index contributed by atoms with van der Waals surface area (Å²) in [5.41, 5.74) is 1.67. The van der Waals surface area contributed by atoms with Crippen LogP contribution >= 0.6 is 15.9 Å². The minimum atomic E-state index is -0.903. The van der Waals surface area contributed by atoms with E-state index in [0.717, 1.165) is 49.2 Å². The number of ether oxygens (including phenoxy) is 1. The van der Waals surface area contributed by atoms with E-state index >= 15 is 0 Å². The van der Waals surface area contributed by atoms with Crippen LogP contribution in [0.2, 0.25) is 0 Å². The van der Waals surface area contributed by atoms with Gasteiger partial charge in [0.2, 0.25) is 0 Å². The Balaban J connectivity index is 1.89. The molecule has 1 fully saturated rings. The molecule has 110 valence electrons. The van der Waals surface area contributed by atoms with Crippen molar-refractivity contribution in [3.63, 3.8) is 0 Å². The van der Waals surface area contributed by atoms with E-state index in [9.17, 15) is 4.79 Å². The van der Waals surface area contributed by atoms with Crippen LogP contribution in [-0.4, -0.2) is 30.8 Å². The molecule has 0 bridgehead atoms. The molecule has 0 unspecified atom stereocenters. The van der Waals surface area contributed by atoms with Gasteiger partial charge < -0.3 is 15.2 Å².